The first-order valence-electron chi connectivity index (χ1n) is 6.29. The van der Waals surface area contributed by atoms with Crippen LogP contribution in [0, 0.1) is 12.3 Å². The van der Waals surface area contributed by atoms with Gasteiger partial charge in [0.1, 0.15) is 18.6 Å². The average molecular weight is 245 g/mol. The van der Waals surface area contributed by atoms with Crippen LogP contribution in [-0.2, 0) is 4.74 Å². The second-order valence-corrected chi connectivity index (χ2v) is 4.35. The topological polar surface area (TPSA) is 21.7 Å². The number of hydrogen-bond acceptors (Lipinski definition) is 3. The number of rotatable bonds is 5. The lowest BCUT2D eigenvalue weighted by Gasteiger charge is -2.28. The standard InChI is InChI=1S/C15H19NO2/c1-3-12-18-15(16-10-6-7-11-16)13-8-4-5-9-14(13)17-2/h1,4-5,8-9,15H,6-7,10-12H2,2H3. The molecule has 18 heavy (non-hydrogen) atoms. The third-order valence-corrected chi connectivity index (χ3v) is 3.20. The lowest BCUT2D eigenvalue weighted by atomic mass is 10.1. The number of ether oxygens (including phenoxy) is 2. The van der Waals surface area contributed by atoms with Crippen molar-refractivity contribution in [3.05, 3.63) is 29.8 Å². The van der Waals surface area contributed by atoms with Gasteiger partial charge in [0.05, 0.1) is 7.11 Å². The zero-order valence-electron chi connectivity index (χ0n) is 10.8. The molecule has 0 aliphatic carbocycles. The molecule has 0 aromatic heterocycles. The van der Waals surface area contributed by atoms with Gasteiger partial charge in [-0.3, -0.25) is 4.90 Å². The maximum atomic E-state index is 5.81. The van der Waals surface area contributed by atoms with Crippen molar-refractivity contribution in [2.45, 2.75) is 19.1 Å². The third kappa shape index (κ3) is 2.84. The molecular formula is C15H19NO2. The summed E-state index contributed by atoms with van der Waals surface area (Å²) in [5, 5.41) is 0. The summed E-state index contributed by atoms with van der Waals surface area (Å²) in [5.41, 5.74) is 1.05. The Morgan fingerprint density at radius 3 is 2.72 bits per heavy atom. The van der Waals surface area contributed by atoms with Crippen LogP contribution in [0.5, 0.6) is 5.75 Å². The fourth-order valence-electron chi connectivity index (χ4n) is 2.37. The fourth-order valence-corrected chi connectivity index (χ4v) is 2.37. The van der Waals surface area contributed by atoms with Crippen molar-refractivity contribution in [1.82, 2.24) is 4.90 Å². The summed E-state index contributed by atoms with van der Waals surface area (Å²) in [6.07, 6.45) is 7.63. The van der Waals surface area contributed by atoms with Crippen molar-refractivity contribution in [2.75, 3.05) is 26.8 Å². The SMILES string of the molecule is C#CCOC(c1ccccc1OC)N1CCCC1. The van der Waals surface area contributed by atoms with Crippen LogP contribution >= 0.6 is 0 Å². The van der Waals surface area contributed by atoms with E-state index in [1.54, 1.807) is 7.11 Å². The molecule has 1 aromatic carbocycles. The monoisotopic (exact) mass is 245 g/mol. The molecule has 0 N–H and O–H groups in total. The van der Waals surface area contributed by atoms with Crippen molar-refractivity contribution in [3.8, 4) is 18.1 Å². The Labute approximate surface area is 109 Å². The first-order chi connectivity index (χ1) is 8.86. The maximum absolute atomic E-state index is 5.81. The first kappa shape index (κ1) is 12.9. The van der Waals surface area contributed by atoms with E-state index in [0.29, 0.717) is 6.61 Å². The van der Waals surface area contributed by atoms with E-state index in [0.717, 1.165) is 24.4 Å². The van der Waals surface area contributed by atoms with Gasteiger partial charge in [-0.2, -0.15) is 0 Å². The van der Waals surface area contributed by atoms with Crippen LogP contribution in [0.3, 0.4) is 0 Å². The van der Waals surface area contributed by atoms with Crippen molar-refractivity contribution < 1.29 is 9.47 Å². The Balaban J connectivity index is 2.23. The smallest absolute Gasteiger partial charge is 0.141 e. The summed E-state index contributed by atoms with van der Waals surface area (Å²) in [7, 11) is 1.68. The van der Waals surface area contributed by atoms with Gasteiger partial charge in [0, 0.05) is 18.7 Å². The van der Waals surface area contributed by atoms with Gasteiger partial charge in [-0.1, -0.05) is 24.1 Å². The van der Waals surface area contributed by atoms with Crippen molar-refractivity contribution in [1.29, 1.82) is 0 Å². The molecule has 2 rings (SSSR count). The van der Waals surface area contributed by atoms with E-state index in [1.165, 1.54) is 12.8 Å². The van der Waals surface area contributed by atoms with Gasteiger partial charge in [-0.05, 0) is 18.9 Å². The Morgan fingerprint density at radius 1 is 1.33 bits per heavy atom. The minimum Gasteiger partial charge on any atom is -0.496 e. The Morgan fingerprint density at radius 2 is 2.06 bits per heavy atom. The Hall–Kier alpha value is -1.50. The summed E-state index contributed by atoms with van der Waals surface area (Å²) >= 11 is 0. The molecule has 1 aliphatic heterocycles. The first-order valence-corrected chi connectivity index (χ1v) is 6.29. The van der Waals surface area contributed by atoms with Crippen LogP contribution in [-0.4, -0.2) is 31.7 Å². The molecule has 3 nitrogen and oxygen atoms in total. The molecule has 0 amide bonds. The Kier molecular flexibility index (Phi) is 4.63. The summed E-state index contributed by atoms with van der Waals surface area (Å²) < 4.78 is 11.2. The number of methoxy groups -OCH3 is 1. The molecule has 0 spiro atoms. The zero-order valence-corrected chi connectivity index (χ0v) is 10.8. The van der Waals surface area contributed by atoms with Crippen LogP contribution in [0.1, 0.15) is 24.6 Å². The van der Waals surface area contributed by atoms with Crippen LogP contribution in [0.15, 0.2) is 24.3 Å². The van der Waals surface area contributed by atoms with E-state index in [1.807, 2.05) is 24.3 Å². The van der Waals surface area contributed by atoms with Gasteiger partial charge in [0.25, 0.3) is 0 Å². The highest BCUT2D eigenvalue weighted by Crippen LogP contribution is 2.32. The van der Waals surface area contributed by atoms with Gasteiger partial charge in [0.2, 0.25) is 0 Å². The second-order valence-electron chi connectivity index (χ2n) is 4.35. The molecule has 1 heterocycles. The molecule has 1 unspecified atom stereocenters. The van der Waals surface area contributed by atoms with Gasteiger partial charge >= 0.3 is 0 Å². The largest absolute Gasteiger partial charge is 0.496 e. The zero-order chi connectivity index (χ0) is 12.8. The normalized spacial score (nSPS) is 17.3. The molecule has 1 aliphatic rings. The highest BCUT2D eigenvalue weighted by atomic mass is 16.5. The highest BCUT2D eigenvalue weighted by molar-refractivity contribution is 5.35. The molecule has 0 radical (unpaired) electrons. The van der Waals surface area contributed by atoms with Crippen molar-refractivity contribution in [3.63, 3.8) is 0 Å². The molecule has 1 aromatic rings. The van der Waals surface area contributed by atoms with E-state index in [9.17, 15) is 0 Å². The molecular weight excluding hydrogens is 226 g/mol. The number of terminal acetylenes is 1. The molecule has 1 fully saturated rings. The van der Waals surface area contributed by atoms with Crippen LogP contribution < -0.4 is 4.74 Å². The van der Waals surface area contributed by atoms with Gasteiger partial charge in [0.15, 0.2) is 0 Å². The summed E-state index contributed by atoms with van der Waals surface area (Å²) in [5.74, 6) is 3.39. The predicted octanol–water partition coefficient (Wildman–Crippen LogP) is 2.44. The second kappa shape index (κ2) is 6.44. The Bertz CT molecular complexity index is 419. The van der Waals surface area contributed by atoms with Gasteiger partial charge in [-0.15, -0.1) is 6.42 Å². The molecule has 0 bridgehead atoms. The maximum Gasteiger partial charge on any atom is 0.141 e. The van der Waals surface area contributed by atoms with Crippen molar-refractivity contribution >= 4 is 0 Å². The lowest BCUT2D eigenvalue weighted by molar-refractivity contribution is -0.0383. The fraction of sp³-hybridized carbons (Fsp3) is 0.467. The van der Waals surface area contributed by atoms with Crippen LogP contribution in [0.2, 0.25) is 0 Å². The third-order valence-electron chi connectivity index (χ3n) is 3.20. The van der Waals surface area contributed by atoms with E-state index >= 15 is 0 Å². The average Bonchev–Trinajstić information content (AvgIpc) is 2.94. The summed E-state index contributed by atoms with van der Waals surface area (Å²) in [4.78, 5) is 2.31. The van der Waals surface area contributed by atoms with Gasteiger partial charge in [-0.25, -0.2) is 0 Å². The van der Waals surface area contributed by atoms with E-state index in [4.69, 9.17) is 15.9 Å². The highest BCUT2D eigenvalue weighted by Gasteiger charge is 2.26. The van der Waals surface area contributed by atoms with Gasteiger partial charge < -0.3 is 9.47 Å². The molecule has 1 atom stereocenters. The number of likely N-dealkylation sites (tertiary alicyclic amines) is 1. The molecule has 1 saturated heterocycles. The molecule has 0 saturated carbocycles. The molecule has 96 valence electrons. The van der Waals surface area contributed by atoms with Crippen LogP contribution in [0.4, 0.5) is 0 Å². The molecule has 3 heteroatoms. The number of benzene rings is 1. The number of nitrogens with zero attached hydrogens (tertiary/aromatic N) is 1. The van der Waals surface area contributed by atoms with E-state index < -0.39 is 0 Å². The predicted molar refractivity (Wildman–Crippen MR) is 71.3 cm³/mol. The van der Waals surface area contributed by atoms with E-state index in [-0.39, 0.29) is 6.23 Å². The van der Waals surface area contributed by atoms with E-state index in [2.05, 4.69) is 10.8 Å². The lowest BCUT2D eigenvalue weighted by Crippen LogP contribution is -2.28. The quantitative estimate of drug-likeness (QED) is 0.744. The summed E-state index contributed by atoms with van der Waals surface area (Å²) in [6, 6.07) is 7.96. The summed E-state index contributed by atoms with van der Waals surface area (Å²) in [6.45, 7) is 2.42. The van der Waals surface area contributed by atoms with Crippen molar-refractivity contribution in [2.24, 2.45) is 0 Å². The minimum atomic E-state index is -0.0975. The van der Waals surface area contributed by atoms with Crippen LogP contribution in [0.25, 0.3) is 0 Å². The number of hydrogen-bond donors (Lipinski definition) is 0. The number of para-hydroxylation sites is 1. The minimum absolute atomic E-state index is 0.0975.